The Morgan fingerprint density at radius 2 is 1.86 bits per heavy atom. The highest BCUT2D eigenvalue weighted by molar-refractivity contribution is 7.22. The molecule has 4 nitrogen and oxygen atoms in total. The van der Waals surface area contributed by atoms with Gasteiger partial charge in [-0.15, -0.1) is 12.4 Å². The third-order valence-electron chi connectivity index (χ3n) is 4.02. The number of benzene rings is 2. The summed E-state index contributed by atoms with van der Waals surface area (Å²) >= 11 is 7.29. The molecule has 0 aliphatic heterocycles. The number of anilines is 1. The first kappa shape index (κ1) is 23.4. The van der Waals surface area contributed by atoms with Crippen LogP contribution in [0, 0.1) is 0 Å². The summed E-state index contributed by atoms with van der Waals surface area (Å²) in [6.45, 7) is 0.816. The molecule has 29 heavy (non-hydrogen) atoms. The van der Waals surface area contributed by atoms with Gasteiger partial charge >= 0.3 is 6.18 Å². The van der Waals surface area contributed by atoms with Crippen LogP contribution in [0.3, 0.4) is 0 Å². The Hall–Kier alpha value is -1.87. The number of likely N-dealkylation sites (N-methyl/N-ethyl adjacent to an activating group) is 1. The second-order valence-electron chi connectivity index (χ2n) is 6.45. The Morgan fingerprint density at radius 3 is 2.52 bits per heavy atom. The van der Waals surface area contributed by atoms with E-state index in [0.29, 0.717) is 22.2 Å². The lowest BCUT2D eigenvalue weighted by atomic mass is 10.1. The second-order valence-corrected chi connectivity index (χ2v) is 7.89. The number of amides is 1. The van der Waals surface area contributed by atoms with Gasteiger partial charge in [-0.25, -0.2) is 4.98 Å². The third kappa shape index (κ3) is 5.60. The van der Waals surface area contributed by atoms with Gasteiger partial charge in [-0.05, 0) is 50.5 Å². The Balaban J connectivity index is 0.00000300. The van der Waals surface area contributed by atoms with Gasteiger partial charge in [0, 0.05) is 23.7 Å². The predicted octanol–water partition coefficient (Wildman–Crippen LogP) is 5.60. The van der Waals surface area contributed by atoms with Crippen LogP contribution in [-0.4, -0.2) is 43.0 Å². The minimum atomic E-state index is -4.52. The smallest absolute Gasteiger partial charge is 0.308 e. The van der Waals surface area contributed by atoms with Crippen LogP contribution in [0.1, 0.15) is 15.9 Å². The predicted molar refractivity (Wildman–Crippen MR) is 114 cm³/mol. The Morgan fingerprint density at radius 1 is 1.14 bits per heavy atom. The summed E-state index contributed by atoms with van der Waals surface area (Å²) in [6, 6.07) is 9.62. The first-order valence-corrected chi connectivity index (χ1v) is 9.54. The minimum Gasteiger partial charge on any atom is -0.308 e. The number of fused-ring (bicyclic) bond motifs is 1. The number of carbonyl (C=O) groups is 1. The minimum absolute atomic E-state index is 0. The maximum absolute atomic E-state index is 13.1. The topological polar surface area (TPSA) is 36.4 Å². The molecule has 1 amide bonds. The number of hydrogen-bond donors (Lipinski definition) is 0. The van der Waals surface area contributed by atoms with Crippen LogP contribution in [-0.2, 0) is 6.18 Å². The summed E-state index contributed by atoms with van der Waals surface area (Å²) in [7, 11) is 3.70. The van der Waals surface area contributed by atoms with Gasteiger partial charge in [0.25, 0.3) is 5.91 Å². The molecule has 0 unspecified atom stereocenters. The zero-order chi connectivity index (χ0) is 20.5. The highest BCUT2D eigenvalue weighted by Gasteiger charge is 2.31. The highest BCUT2D eigenvalue weighted by Crippen LogP contribution is 2.33. The molecular weight excluding hydrogens is 446 g/mol. The molecule has 156 valence electrons. The summed E-state index contributed by atoms with van der Waals surface area (Å²) in [5.74, 6) is -0.530. The van der Waals surface area contributed by atoms with Gasteiger partial charge in [-0.2, -0.15) is 13.2 Å². The number of hydrogen-bond acceptors (Lipinski definition) is 4. The van der Waals surface area contributed by atoms with Gasteiger partial charge in [-0.3, -0.25) is 9.69 Å². The normalized spacial score (nSPS) is 11.6. The molecule has 0 aliphatic carbocycles. The van der Waals surface area contributed by atoms with Crippen molar-refractivity contribution in [3.05, 3.63) is 58.6 Å². The Labute approximate surface area is 181 Å². The van der Waals surface area contributed by atoms with Gasteiger partial charge in [0.2, 0.25) is 0 Å². The fraction of sp³-hybridized carbons (Fsp3) is 0.263. The molecule has 1 aromatic heterocycles. The zero-order valence-corrected chi connectivity index (χ0v) is 17.9. The monoisotopic (exact) mass is 463 g/mol. The fourth-order valence-electron chi connectivity index (χ4n) is 2.57. The van der Waals surface area contributed by atoms with E-state index in [1.807, 2.05) is 19.0 Å². The average Bonchev–Trinajstić information content (AvgIpc) is 3.03. The summed E-state index contributed by atoms with van der Waals surface area (Å²) in [4.78, 5) is 20.8. The summed E-state index contributed by atoms with van der Waals surface area (Å²) in [5, 5.41) is 0.966. The number of aromatic nitrogens is 1. The summed E-state index contributed by atoms with van der Waals surface area (Å²) in [5.41, 5.74) is -0.219. The number of carbonyl (C=O) groups excluding carboxylic acids is 1. The molecule has 0 saturated heterocycles. The number of alkyl halides is 3. The average molecular weight is 464 g/mol. The Kier molecular flexibility index (Phi) is 7.50. The van der Waals surface area contributed by atoms with Gasteiger partial charge in [0.15, 0.2) is 5.13 Å². The lowest BCUT2D eigenvalue weighted by Crippen LogP contribution is -2.36. The Bertz CT molecular complexity index is 1010. The van der Waals surface area contributed by atoms with Gasteiger partial charge in [0.1, 0.15) is 0 Å². The molecule has 0 bridgehead atoms. The molecule has 10 heteroatoms. The molecular formula is C19H18Cl2F3N3OS. The summed E-state index contributed by atoms with van der Waals surface area (Å²) in [6.07, 6.45) is -4.52. The van der Waals surface area contributed by atoms with Crippen molar-refractivity contribution < 1.29 is 18.0 Å². The van der Waals surface area contributed by atoms with Gasteiger partial charge in [-0.1, -0.05) is 29.0 Å². The van der Waals surface area contributed by atoms with Crippen molar-refractivity contribution in [3.8, 4) is 0 Å². The van der Waals surface area contributed by atoms with Crippen LogP contribution in [0.4, 0.5) is 18.3 Å². The molecule has 0 N–H and O–H groups in total. The van der Waals surface area contributed by atoms with Crippen molar-refractivity contribution in [3.63, 3.8) is 0 Å². The molecule has 0 aliphatic rings. The quantitative estimate of drug-likeness (QED) is 0.494. The maximum Gasteiger partial charge on any atom is 0.416 e. The van der Waals surface area contributed by atoms with Crippen LogP contribution < -0.4 is 4.90 Å². The van der Waals surface area contributed by atoms with Crippen LogP contribution in [0.2, 0.25) is 5.02 Å². The zero-order valence-electron chi connectivity index (χ0n) is 15.5. The maximum atomic E-state index is 13.1. The molecule has 1 heterocycles. The van der Waals surface area contributed by atoms with E-state index in [1.165, 1.54) is 28.4 Å². The first-order valence-electron chi connectivity index (χ1n) is 8.35. The van der Waals surface area contributed by atoms with E-state index in [4.69, 9.17) is 11.6 Å². The lowest BCUT2D eigenvalue weighted by Gasteiger charge is -2.22. The molecule has 0 fully saturated rings. The van der Waals surface area contributed by atoms with Crippen molar-refractivity contribution >= 4 is 56.6 Å². The van der Waals surface area contributed by atoms with Crippen molar-refractivity contribution in [1.29, 1.82) is 0 Å². The fourth-order valence-corrected chi connectivity index (χ4v) is 3.84. The van der Waals surface area contributed by atoms with Crippen LogP contribution >= 0.6 is 35.3 Å². The van der Waals surface area contributed by atoms with E-state index >= 15 is 0 Å². The van der Waals surface area contributed by atoms with E-state index in [2.05, 4.69) is 4.98 Å². The largest absolute Gasteiger partial charge is 0.416 e. The molecule has 0 spiro atoms. The molecule has 0 saturated carbocycles. The van der Waals surface area contributed by atoms with Crippen LogP contribution in [0.25, 0.3) is 10.2 Å². The second kappa shape index (κ2) is 9.30. The third-order valence-corrected chi connectivity index (χ3v) is 5.30. The van der Waals surface area contributed by atoms with E-state index in [1.54, 1.807) is 18.2 Å². The molecule has 3 rings (SSSR count). The van der Waals surface area contributed by atoms with Crippen molar-refractivity contribution in [2.75, 3.05) is 32.1 Å². The molecule has 3 aromatic rings. The van der Waals surface area contributed by atoms with Crippen molar-refractivity contribution in [1.82, 2.24) is 9.88 Å². The van der Waals surface area contributed by atoms with E-state index in [0.717, 1.165) is 16.8 Å². The van der Waals surface area contributed by atoms with Gasteiger partial charge in [0.05, 0.1) is 15.8 Å². The SMILES string of the molecule is CN(C)CCN(C(=O)c1cccc(C(F)(F)F)c1)c1nc2ccc(Cl)cc2s1.Cl. The number of rotatable bonds is 5. The van der Waals surface area contributed by atoms with Gasteiger partial charge < -0.3 is 4.90 Å². The van der Waals surface area contributed by atoms with Crippen LogP contribution in [0.15, 0.2) is 42.5 Å². The number of halogens is 5. The lowest BCUT2D eigenvalue weighted by molar-refractivity contribution is -0.137. The standard InChI is InChI=1S/C19H17ClF3N3OS.ClH/c1-25(2)8-9-26(18-24-15-7-6-14(20)11-16(15)28-18)17(27)12-4-3-5-13(10-12)19(21,22)23;/h3-7,10-11H,8-9H2,1-2H3;1H. The number of thiazole rings is 1. The molecule has 0 radical (unpaired) electrons. The van der Waals surface area contributed by atoms with E-state index in [9.17, 15) is 18.0 Å². The molecule has 0 atom stereocenters. The highest BCUT2D eigenvalue weighted by atomic mass is 35.5. The van der Waals surface area contributed by atoms with E-state index in [-0.39, 0.29) is 24.5 Å². The van der Waals surface area contributed by atoms with Crippen molar-refractivity contribution in [2.45, 2.75) is 6.18 Å². The number of nitrogens with zero attached hydrogens (tertiary/aromatic N) is 3. The summed E-state index contributed by atoms with van der Waals surface area (Å²) < 4.78 is 39.9. The van der Waals surface area contributed by atoms with E-state index < -0.39 is 17.6 Å². The molecule has 2 aromatic carbocycles. The van der Waals surface area contributed by atoms with Crippen molar-refractivity contribution in [2.24, 2.45) is 0 Å². The first-order chi connectivity index (χ1) is 13.1. The van der Waals surface area contributed by atoms with Crippen LogP contribution in [0.5, 0.6) is 0 Å².